The molecule has 8 nitrogen and oxygen atoms in total. The van der Waals surface area contributed by atoms with E-state index in [2.05, 4.69) is 6.58 Å². The molecule has 0 aliphatic carbocycles. The summed E-state index contributed by atoms with van der Waals surface area (Å²) < 4.78 is 6.23. The number of benzene rings is 1. The molecule has 2 unspecified atom stereocenters. The molecule has 9 heteroatoms. The first-order valence-electron chi connectivity index (χ1n) is 11.2. The maximum atomic E-state index is 14.2. The van der Waals surface area contributed by atoms with Crippen LogP contribution in [0.4, 0.5) is 5.69 Å². The van der Waals surface area contributed by atoms with Gasteiger partial charge in [-0.1, -0.05) is 31.5 Å². The number of carboxylic acids is 1. The van der Waals surface area contributed by atoms with Crippen LogP contribution in [0.25, 0.3) is 0 Å². The Kier molecular flexibility index (Phi) is 6.28. The lowest BCUT2D eigenvalue weighted by Crippen LogP contribution is -2.59. The molecule has 2 amide bonds. The standard InChI is InChI=1S/C24H29ClN2O6/c1-4-11-26(15-7-5-14(25)6-8-15)22(30)20-24-10-9-17(33-24)18(23(31)32)19(24)21(29)27(20)16(12-28)13(2)3/h4-8,13,16-20,28H,1,9-12H2,2-3H3,(H,31,32)/t16-,17+,18-,19-,20?,24?/m0/s1. The van der Waals surface area contributed by atoms with Gasteiger partial charge in [-0.2, -0.15) is 0 Å². The number of halogens is 1. The molecule has 178 valence electrons. The Morgan fingerprint density at radius 2 is 2.03 bits per heavy atom. The maximum Gasteiger partial charge on any atom is 0.310 e. The molecule has 3 heterocycles. The second-order valence-corrected chi connectivity index (χ2v) is 9.78. The minimum Gasteiger partial charge on any atom is -0.481 e. The molecule has 0 saturated carbocycles. The van der Waals surface area contributed by atoms with Crippen LogP contribution in [-0.4, -0.2) is 69.8 Å². The number of carbonyl (C=O) groups excluding carboxylic acids is 2. The van der Waals surface area contributed by atoms with Crippen LogP contribution < -0.4 is 4.90 Å². The fraction of sp³-hybridized carbons (Fsp3) is 0.542. The van der Waals surface area contributed by atoms with Crippen molar-refractivity contribution in [1.29, 1.82) is 0 Å². The normalized spacial score (nSPS) is 31.1. The first-order chi connectivity index (χ1) is 15.7. The molecule has 3 saturated heterocycles. The summed E-state index contributed by atoms with van der Waals surface area (Å²) in [5.74, 6) is -4.07. The Hall–Kier alpha value is -2.42. The van der Waals surface area contributed by atoms with E-state index in [1.807, 2.05) is 13.8 Å². The number of rotatable bonds is 8. The highest BCUT2D eigenvalue weighted by atomic mass is 35.5. The summed E-state index contributed by atoms with van der Waals surface area (Å²) in [6, 6.07) is 5.04. The van der Waals surface area contributed by atoms with Gasteiger partial charge < -0.3 is 24.7 Å². The molecule has 2 N–H and O–H groups in total. The monoisotopic (exact) mass is 476 g/mol. The van der Waals surface area contributed by atoms with Gasteiger partial charge in [-0.3, -0.25) is 14.4 Å². The lowest BCUT2D eigenvalue weighted by atomic mass is 9.70. The second-order valence-electron chi connectivity index (χ2n) is 9.35. The summed E-state index contributed by atoms with van der Waals surface area (Å²) in [6.07, 6.45) is 1.85. The van der Waals surface area contributed by atoms with Crippen molar-refractivity contribution in [3.8, 4) is 0 Å². The number of aliphatic hydroxyl groups is 1. The lowest BCUT2D eigenvalue weighted by molar-refractivity contribution is -0.151. The summed E-state index contributed by atoms with van der Waals surface area (Å²) in [5.41, 5.74) is -0.667. The number of aliphatic hydroxyl groups excluding tert-OH is 1. The maximum absolute atomic E-state index is 14.2. The lowest BCUT2D eigenvalue weighted by Gasteiger charge is -2.40. The van der Waals surface area contributed by atoms with Crippen molar-refractivity contribution in [3.05, 3.63) is 41.9 Å². The topological polar surface area (TPSA) is 107 Å². The largest absolute Gasteiger partial charge is 0.481 e. The second kappa shape index (κ2) is 8.74. The molecule has 1 aromatic carbocycles. The van der Waals surface area contributed by atoms with Crippen LogP contribution in [0.5, 0.6) is 0 Å². The molecule has 0 radical (unpaired) electrons. The number of aliphatic carboxylic acids is 1. The van der Waals surface area contributed by atoms with Crippen LogP contribution in [0, 0.1) is 17.8 Å². The molecular formula is C24H29ClN2O6. The summed E-state index contributed by atoms with van der Waals surface area (Å²) >= 11 is 6.03. The quantitative estimate of drug-likeness (QED) is 0.558. The molecule has 1 spiro atoms. The molecule has 1 aromatic rings. The van der Waals surface area contributed by atoms with Crippen LogP contribution in [0.2, 0.25) is 5.02 Å². The van der Waals surface area contributed by atoms with E-state index in [9.17, 15) is 24.6 Å². The number of nitrogens with zero attached hydrogens (tertiary/aromatic N) is 2. The molecular weight excluding hydrogens is 448 g/mol. The molecule has 0 aromatic heterocycles. The fourth-order valence-corrected chi connectivity index (χ4v) is 5.98. The van der Waals surface area contributed by atoms with Crippen molar-refractivity contribution in [2.75, 3.05) is 18.1 Å². The molecule has 33 heavy (non-hydrogen) atoms. The summed E-state index contributed by atoms with van der Waals surface area (Å²) in [5, 5.41) is 20.6. The Bertz CT molecular complexity index is 966. The van der Waals surface area contributed by atoms with E-state index >= 15 is 0 Å². The van der Waals surface area contributed by atoms with E-state index < -0.39 is 47.5 Å². The average molecular weight is 477 g/mol. The van der Waals surface area contributed by atoms with Gasteiger partial charge in [0.2, 0.25) is 5.91 Å². The summed E-state index contributed by atoms with van der Waals surface area (Å²) in [7, 11) is 0. The van der Waals surface area contributed by atoms with Crippen molar-refractivity contribution < 1.29 is 29.3 Å². The minimum absolute atomic E-state index is 0.159. The van der Waals surface area contributed by atoms with Crippen LogP contribution in [0.3, 0.4) is 0 Å². The SMILES string of the molecule is C=CCN(C(=O)C1N([C@@H](CO)C(C)C)C(=O)[C@@H]2[C@@H](C(=O)O)[C@H]3CCC12O3)c1ccc(Cl)cc1. The van der Waals surface area contributed by atoms with Crippen molar-refractivity contribution in [1.82, 2.24) is 4.90 Å². The van der Waals surface area contributed by atoms with Crippen molar-refractivity contribution >= 4 is 35.1 Å². The Morgan fingerprint density at radius 3 is 2.58 bits per heavy atom. The Morgan fingerprint density at radius 1 is 1.36 bits per heavy atom. The fourth-order valence-electron chi connectivity index (χ4n) is 5.85. The highest BCUT2D eigenvalue weighted by Gasteiger charge is 2.75. The molecule has 2 bridgehead atoms. The Balaban J connectivity index is 1.84. The zero-order chi connectivity index (χ0) is 24.1. The van der Waals surface area contributed by atoms with Crippen LogP contribution in [-0.2, 0) is 19.1 Å². The summed E-state index contributed by atoms with van der Waals surface area (Å²) in [4.78, 5) is 42.9. The number of ether oxygens (including phenoxy) is 1. The van der Waals surface area contributed by atoms with Gasteiger partial charge in [-0.15, -0.1) is 6.58 Å². The number of amides is 2. The third-order valence-corrected chi connectivity index (χ3v) is 7.54. The van der Waals surface area contributed by atoms with E-state index in [1.54, 1.807) is 30.3 Å². The number of carbonyl (C=O) groups is 3. The predicted octanol–water partition coefficient (Wildman–Crippen LogP) is 2.34. The van der Waals surface area contributed by atoms with E-state index in [1.165, 1.54) is 9.80 Å². The smallest absolute Gasteiger partial charge is 0.310 e. The average Bonchev–Trinajstić information content (AvgIpc) is 3.41. The first kappa shape index (κ1) is 23.7. The highest BCUT2D eigenvalue weighted by molar-refractivity contribution is 6.30. The van der Waals surface area contributed by atoms with Crippen LogP contribution >= 0.6 is 11.6 Å². The summed E-state index contributed by atoms with van der Waals surface area (Å²) in [6.45, 7) is 7.31. The number of fused-ring (bicyclic) bond motifs is 1. The van der Waals surface area contributed by atoms with Gasteiger partial charge in [0.1, 0.15) is 11.6 Å². The third-order valence-electron chi connectivity index (χ3n) is 7.29. The van der Waals surface area contributed by atoms with Gasteiger partial charge in [0.05, 0.1) is 30.6 Å². The number of carboxylic acid groups (broad SMARTS) is 1. The van der Waals surface area contributed by atoms with Crippen molar-refractivity contribution in [2.24, 2.45) is 17.8 Å². The van der Waals surface area contributed by atoms with E-state index in [0.29, 0.717) is 23.6 Å². The van der Waals surface area contributed by atoms with Crippen LogP contribution in [0.1, 0.15) is 26.7 Å². The van der Waals surface area contributed by atoms with Crippen molar-refractivity contribution in [2.45, 2.75) is 50.5 Å². The van der Waals surface area contributed by atoms with E-state index in [-0.39, 0.29) is 25.0 Å². The molecule has 6 atom stereocenters. The van der Waals surface area contributed by atoms with Gasteiger partial charge in [0.25, 0.3) is 5.91 Å². The zero-order valence-corrected chi connectivity index (χ0v) is 19.4. The molecule has 4 rings (SSSR count). The minimum atomic E-state index is -1.24. The number of likely N-dealkylation sites (tertiary alicyclic amines) is 1. The predicted molar refractivity (Wildman–Crippen MR) is 122 cm³/mol. The van der Waals surface area contributed by atoms with Gasteiger partial charge in [0, 0.05) is 17.3 Å². The van der Waals surface area contributed by atoms with Gasteiger partial charge in [-0.25, -0.2) is 0 Å². The third kappa shape index (κ3) is 3.55. The number of hydrogen-bond donors (Lipinski definition) is 2. The molecule has 3 fully saturated rings. The highest BCUT2D eigenvalue weighted by Crippen LogP contribution is 2.59. The zero-order valence-electron chi connectivity index (χ0n) is 18.7. The van der Waals surface area contributed by atoms with Gasteiger partial charge in [0.15, 0.2) is 0 Å². The van der Waals surface area contributed by atoms with E-state index in [0.717, 1.165) is 0 Å². The van der Waals surface area contributed by atoms with Gasteiger partial charge >= 0.3 is 5.97 Å². The number of hydrogen-bond acceptors (Lipinski definition) is 5. The van der Waals surface area contributed by atoms with E-state index in [4.69, 9.17) is 16.3 Å². The van der Waals surface area contributed by atoms with Crippen molar-refractivity contribution in [3.63, 3.8) is 0 Å². The Labute approximate surface area is 197 Å². The van der Waals surface area contributed by atoms with Gasteiger partial charge in [-0.05, 0) is 43.0 Å². The number of anilines is 1. The van der Waals surface area contributed by atoms with Crippen LogP contribution in [0.15, 0.2) is 36.9 Å². The molecule has 3 aliphatic rings. The first-order valence-corrected chi connectivity index (χ1v) is 11.6. The molecule has 3 aliphatic heterocycles.